The summed E-state index contributed by atoms with van der Waals surface area (Å²) in [5.41, 5.74) is 3.50. The lowest BCUT2D eigenvalue weighted by molar-refractivity contribution is 0.567. The van der Waals surface area contributed by atoms with Gasteiger partial charge in [0.25, 0.3) is 0 Å². The van der Waals surface area contributed by atoms with Gasteiger partial charge in [0.15, 0.2) is 0 Å². The lowest BCUT2D eigenvalue weighted by atomic mass is 10.1. The molecule has 0 spiro atoms. The smallest absolute Gasteiger partial charge is 0.244 e. The molecule has 21 heavy (non-hydrogen) atoms. The standard InChI is InChI=1S/C13H15BrN4O2S/c1-9(10-2-4-11(14)5-3-10)18-21(19,20)13-8-16-7-6-12(13)17-15/h2-9,18H,15H2,1H3,(H,16,17). The Kier molecular flexibility index (Phi) is 4.94. The normalized spacial score (nSPS) is 12.9. The zero-order valence-electron chi connectivity index (χ0n) is 11.2. The number of rotatable bonds is 5. The highest BCUT2D eigenvalue weighted by Crippen LogP contribution is 2.22. The molecule has 0 aliphatic rings. The Morgan fingerprint density at radius 1 is 1.24 bits per heavy atom. The van der Waals surface area contributed by atoms with Crippen molar-refractivity contribution in [1.82, 2.24) is 9.71 Å². The number of nitrogens with two attached hydrogens (primary N) is 1. The molecule has 1 unspecified atom stereocenters. The molecule has 0 saturated heterocycles. The monoisotopic (exact) mass is 370 g/mol. The van der Waals surface area contributed by atoms with Crippen molar-refractivity contribution < 1.29 is 8.42 Å². The van der Waals surface area contributed by atoms with Crippen LogP contribution in [0, 0.1) is 0 Å². The van der Waals surface area contributed by atoms with Gasteiger partial charge in [0.1, 0.15) is 4.90 Å². The number of nitrogens with zero attached hydrogens (tertiary/aromatic N) is 1. The first kappa shape index (κ1) is 15.9. The number of sulfonamides is 1. The van der Waals surface area contributed by atoms with E-state index in [2.05, 4.69) is 31.1 Å². The molecule has 2 aromatic rings. The van der Waals surface area contributed by atoms with Crippen LogP contribution in [0.5, 0.6) is 0 Å². The third-order valence-corrected chi connectivity index (χ3v) is 5.03. The highest BCUT2D eigenvalue weighted by Gasteiger charge is 2.21. The quantitative estimate of drug-likeness (QED) is 0.553. The maximum atomic E-state index is 12.4. The van der Waals surface area contributed by atoms with Gasteiger partial charge in [0.05, 0.1) is 5.69 Å². The summed E-state index contributed by atoms with van der Waals surface area (Å²) >= 11 is 3.34. The minimum atomic E-state index is -3.73. The number of aromatic nitrogens is 1. The summed E-state index contributed by atoms with van der Waals surface area (Å²) in [5.74, 6) is 5.33. The van der Waals surface area contributed by atoms with Crippen LogP contribution < -0.4 is 16.0 Å². The molecule has 2 rings (SSSR count). The average Bonchev–Trinajstić information content (AvgIpc) is 2.47. The van der Waals surface area contributed by atoms with Gasteiger partial charge in [-0.1, -0.05) is 28.1 Å². The summed E-state index contributed by atoms with van der Waals surface area (Å²) in [5, 5.41) is 0. The van der Waals surface area contributed by atoms with Gasteiger partial charge in [-0.05, 0) is 30.7 Å². The number of hydrogen-bond donors (Lipinski definition) is 3. The molecule has 6 nitrogen and oxygen atoms in total. The second-order valence-corrected chi connectivity index (χ2v) is 7.01. The van der Waals surface area contributed by atoms with E-state index in [0.717, 1.165) is 10.0 Å². The fraction of sp³-hybridized carbons (Fsp3) is 0.154. The molecule has 0 radical (unpaired) electrons. The lowest BCUT2D eigenvalue weighted by Crippen LogP contribution is -2.28. The van der Waals surface area contributed by atoms with Crippen molar-refractivity contribution in [3.63, 3.8) is 0 Å². The molecule has 1 atom stereocenters. The van der Waals surface area contributed by atoms with Gasteiger partial charge in [-0.25, -0.2) is 13.1 Å². The first-order valence-electron chi connectivity index (χ1n) is 6.12. The second-order valence-electron chi connectivity index (χ2n) is 4.41. The first-order chi connectivity index (χ1) is 9.94. The highest BCUT2D eigenvalue weighted by atomic mass is 79.9. The Bertz CT molecular complexity index is 719. The Labute approximate surface area is 131 Å². The van der Waals surface area contributed by atoms with Crippen LogP contribution in [0.2, 0.25) is 0 Å². The topological polar surface area (TPSA) is 97.1 Å². The summed E-state index contributed by atoms with van der Waals surface area (Å²) in [6.45, 7) is 1.77. The molecule has 0 saturated carbocycles. The Morgan fingerprint density at radius 3 is 2.52 bits per heavy atom. The minimum absolute atomic E-state index is 0.0106. The summed E-state index contributed by atoms with van der Waals surface area (Å²) in [4.78, 5) is 3.84. The predicted molar refractivity (Wildman–Crippen MR) is 84.9 cm³/mol. The SMILES string of the molecule is CC(NS(=O)(=O)c1cnccc1NN)c1ccc(Br)cc1. The number of pyridine rings is 1. The van der Waals surface area contributed by atoms with E-state index in [1.165, 1.54) is 18.5 Å². The van der Waals surface area contributed by atoms with E-state index in [1.54, 1.807) is 6.92 Å². The maximum Gasteiger partial charge on any atom is 0.244 e. The van der Waals surface area contributed by atoms with Crippen LogP contribution in [0.3, 0.4) is 0 Å². The van der Waals surface area contributed by atoms with E-state index in [4.69, 9.17) is 5.84 Å². The molecule has 0 aliphatic heterocycles. The third-order valence-electron chi connectivity index (χ3n) is 2.93. The van der Waals surface area contributed by atoms with Crippen molar-refractivity contribution in [3.05, 3.63) is 52.8 Å². The highest BCUT2D eigenvalue weighted by molar-refractivity contribution is 9.10. The molecule has 0 fully saturated rings. The molecule has 8 heteroatoms. The van der Waals surface area contributed by atoms with Crippen LogP contribution in [0.1, 0.15) is 18.5 Å². The summed E-state index contributed by atoms with van der Waals surface area (Å²) < 4.78 is 28.4. The number of benzene rings is 1. The van der Waals surface area contributed by atoms with Crippen LogP contribution in [-0.2, 0) is 10.0 Å². The summed E-state index contributed by atoms with van der Waals surface area (Å²) in [6, 6.07) is 8.53. The van der Waals surface area contributed by atoms with Crippen LogP contribution in [0.4, 0.5) is 5.69 Å². The number of nitrogens with one attached hydrogen (secondary N) is 2. The molecule has 4 N–H and O–H groups in total. The molecule has 1 aromatic heterocycles. The minimum Gasteiger partial charge on any atom is -0.323 e. The molecule has 0 aliphatic carbocycles. The van der Waals surface area contributed by atoms with E-state index in [9.17, 15) is 8.42 Å². The molecule has 0 bridgehead atoms. The van der Waals surface area contributed by atoms with Gasteiger partial charge in [-0.15, -0.1) is 0 Å². The molecule has 1 heterocycles. The van der Waals surface area contributed by atoms with Crippen molar-refractivity contribution in [1.29, 1.82) is 0 Å². The third kappa shape index (κ3) is 3.79. The molecular formula is C13H15BrN4O2S. The molecule has 112 valence electrons. The van der Waals surface area contributed by atoms with E-state index in [1.807, 2.05) is 24.3 Å². The van der Waals surface area contributed by atoms with Crippen molar-refractivity contribution >= 4 is 31.6 Å². The van der Waals surface area contributed by atoms with Gasteiger partial charge in [0.2, 0.25) is 10.0 Å². The molecule has 0 amide bonds. The number of nitrogen functional groups attached to an aromatic ring is 1. The maximum absolute atomic E-state index is 12.4. The Morgan fingerprint density at radius 2 is 1.90 bits per heavy atom. The van der Waals surface area contributed by atoms with E-state index in [-0.39, 0.29) is 10.9 Å². The van der Waals surface area contributed by atoms with Gasteiger partial charge < -0.3 is 5.43 Å². The number of anilines is 1. The van der Waals surface area contributed by atoms with Crippen molar-refractivity contribution in [2.45, 2.75) is 17.9 Å². The summed E-state index contributed by atoms with van der Waals surface area (Å²) in [6.07, 6.45) is 2.72. The van der Waals surface area contributed by atoms with Gasteiger partial charge in [-0.3, -0.25) is 10.8 Å². The summed E-state index contributed by atoms with van der Waals surface area (Å²) in [7, 11) is -3.73. The molecular weight excluding hydrogens is 356 g/mol. The van der Waals surface area contributed by atoms with Gasteiger partial charge >= 0.3 is 0 Å². The van der Waals surface area contributed by atoms with Crippen LogP contribution >= 0.6 is 15.9 Å². The fourth-order valence-electron chi connectivity index (χ4n) is 1.83. The van der Waals surface area contributed by atoms with E-state index >= 15 is 0 Å². The number of hydrazine groups is 1. The van der Waals surface area contributed by atoms with Gasteiger partial charge in [0, 0.05) is 22.9 Å². The predicted octanol–water partition coefficient (Wildman–Crippen LogP) is 2.17. The number of halogens is 1. The Balaban J connectivity index is 2.26. The second kappa shape index (κ2) is 6.52. The zero-order chi connectivity index (χ0) is 15.5. The largest absolute Gasteiger partial charge is 0.323 e. The Hall–Kier alpha value is -1.48. The van der Waals surface area contributed by atoms with E-state index in [0.29, 0.717) is 5.69 Å². The van der Waals surface area contributed by atoms with Crippen molar-refractivity contribution in [3.8, 4) is 0 Å². The van der Waals surface area contributed by atoms with Gasteiger partial charge in [-0.2, -0.15) is 0 Å². The van der Waals surface area contributed by atoms with Crippen LogP contribution in [-0.4, -0.2) is 13.4 Å². The van der Waals surface area contributed by atoms with Crippen molar-refractivity contribution in [2.75, 3.05) is 5.43 Å². The van der Waals surface area contributed by atoms with E-state index < -0.39 is 10.0 Å². The lowest BCUT2D eigenvalue weighted by Gasteiger charge is -2.16. The van der Waals surface area contributed by atoms with Crippen LogP contribution in [0.15, 0.2) is 52.1 Å². The fourth-order valence-corrected chi connectivity index (χ4v) is 3.44. The zero-order valence-corrected chi connectivity index (χ0v) is 13.6. The number of hydrogen-bond acceptors (Lipinski definition) is 5. The van der Waals surface area contributed by atoms with Crippen molar-refractivity contribution in [2.24, 2.45) is 5.84 Å². The average molecular weight is 371 g/mol. The molecule has 1 aromatic carbocycles. The first-order valence-corrected chi connectivity index (χ1v) is 8.40. The van der Waals surface area contributed by atoms with Crippen LogP contribution in [0.25, 0.3) is 0 Å².